The molecule has 1 saturated carbocycles. The number of pyridine rings is 1. The minimum Gasteiger partial charge on any atom is -0.331 e. The number of amidine groups is 2. The van der Waals surface area contributed by atoms with Crippen molar-refractivity contribution in [3.63, 3.8) is 0 Å². The first-order chi connectivity index (χ1) is 11.6. The molecule has 0 spiro atoms. The Morgan fingerprint density at radius 3 is 2.50 bits per heavy atom. The molecule has 1 aromatic rings. The lowest BCUT2D eigenvalue weighted by Gasteiger charge is -2.42. The van der Waals surface area contributed by atoms with E-state index < -0.39 is 0 Å². The van der Waals surface area contributed by atoms with Crippen LogP contribution in [0, 0.1) is 16.7 Å². The maximum Gasteiger partial charge on any atom is 0.289 e. The Morgan fingerprint density at radius 1 is 1.21 bits per heavy atom. The summed E-state index contributed by atoms with van der Waals surface area (Å²) >= 11 is 0. The summed E-state index contributed by atoms with van der Waals surface area (Å²) in [6.07, 6.45) is 7.25. The first-order valence-corrected chi connectivity index (χ1v) is 8.48. The number of carbonyl (C=O) groups excluding carboxylic acids is 1. The highest BCUT2D eigenvalue weighted by molar-refractivity contribution is 6.40. The number of nitrogens with two attached hydrogens (primary N) is 1. The first kappa shape index (κ1) is 16.6. The molecule has 1 saturated heterocycles. The van der Waals surface area contributed by atoms with Gasteiger partial charge in [0.1, 0.15) is 5.84 Å². The molecule has 2 heterocycles. The summed E-state index contributed by atoms with van der Waals surface area (Å²) in [4.78, 5) is 19.9. The molecule has 4 N–H and O–H groups in total. The van der Waals surface area contributed by atoms with Gasteiger partial charge in [0.15, 0.2) is 5.84 Å². The van der Waals surface area contributed by atoms with Gasteiger partial charge in [0.05, 0.1) is 0 Å². The molecule has 1 aliphatic carbocycles. The number of nitrogens with zero attached hydrogens (tertiary/aromatic N) is 3. The summed E-state index contributed by atoms with van der Waals surface area (Å²) in [5, 5.41) is 16.5. The zero-order chi connectivity index (χ0) is 17.1. The van der Waals surface area contributed by atoms with Crippen LogP contribution >= 0.6 is 0 Å². The van der Waals surface area contributed by atoms with Gasteiger partial charge in [-0.25, -0.2) is 0 Å². The van der Waals surface area contributed by atoms with Crippen molar-refractivity contribution in [1.82, 2.24) is 14.8 Å². The van der Waals surface area contributed by atoms with Crippen molar-refractivity contribution < 1.29 is 4.79 Å². The second-order valence-electron chi connectivity index (χ2n) is 6.49. The van der Waals surface area contributed by atoms with Crippen molar-refractivity contribution in [3.05, 3.63) is 30.1 Å². The second kappa shape index (κ2) is 7.09. The normalized spacial score (nSPS) is 25.0. The molecule has 3 rings (SSSR count). The first-order valence-electron chi connectivity index (χ1n) is 8.48. The monoisotopic (exact) mass is 328 g/mol. The summed E-state index contributed by atoms with van der Waals surface area (Å²) in [5.74, 6) is 0.375. The maximum absolute atomic E-state index is 12.6. The van der Waals surface area contributed by atoms with Crippen molar-refractivity contribution in [2.75, 3.05) is 19.6 Å². The third kappa shape index (κ3) is 3.17. The quantitative estimate of drug-likeness (QED) is 0.569. The van der Waals surface area contributed by atoms with Gasteiger partial charge < -0.3 is 15.5 Å². The Bertz CT molecular complexity index is 623. The minimum absolute atomic E-state index is 0.107. The molecule has 1 aliphatic heterocycles. The summed E-state index contributed by atoms with van der Waals surface area (Å²) in [6, 6.07) is 3.65. The summed E-state index contributed by atoms with van der Waals surface area (Å²) in [5.41, 5.74) is 6.40. The zero-order valence-electron chi connectivity index (χ0n) is 13.7. The van der Waals surface area contributed by atoms with Crippen LogP contribution in [0.2, 0.25) is 0 Å². The molecular weight excluding hydrogens is 304 g/mol. The molecule has 0 aromatic carbocycles. The molecule has 0 bridgehead atoms. The lowest BCUT2D eigenvalue weighted by molar-refractivity contribution is -0.129. The largest absolute Gasteiger partial charge is 0.331 e. The standard InChI is InChI=1S/C17H24N6O/c18-11-12-1-3-14(4-2-12)22-9-10-23(16(20)17(22)24)15(19)13-5-7-21-8-6-13/h5-8,12,14,19-20H,1-4,9-11,18H2. The van der Waals surface area contributed by atoms with E-state index in [4.69, 9.17) is 16.6 Å². The van der Waals surface area contributed by atoms with Gasteiger partial charge in [-0.3, -0.25) is 20.6 Å². The van der Waals surface area contributed by atoms with E-state index in [1.165, 1.54) is 4.90 Å². The fourth-order valence-corrected chi connectivity index (χ4v) is 3.60. The molecule has 0 radical (unpaired) electrons. The lowest BCUT2D eigenvalue weighted by Crippen LogP contribution is -2.59. The lowest BCUT2D eigenvalue weighted by atomic mass is 9.85. The van der Waals surface area contributed by atoms with Gasteiger partial charge in [0.2, 0.25) is 0 Å². The third-order valence-corrected chi connectivity index (χ3v) is 5.11. The van der Waals surface area contributed by atoms with Crippen LogP contribution in [0.25, 0.3) is 0 Å². The van der Waals surface area contributed by atoms with Crippen LogP contribution in [0.5, 0.6) is 0 Å². The Hall–Kier alpha value is -2.28. The van der Waals surface area contributed by atoms with Gasteiger partial charge in [-0.2, -0.15) is 0 Å². The van der Waals surface area contributed by atoms with Crippen LogP contribution in [-0.2, 0) is 4.79 Å². The number of rotatable bonds is 3. The predicted octanol–water partition coefficient (Wildman–Crippen LogP) is 1.05. The summed E-state index contributed by atoms with van der Waals surface area (Å²) in [6.45, 7) is 1.77. The molecule has 1 amide bonds. The summed E-state index contributed by atoms with van der Waals surface area (Å²) < 4.78 is 0. The Labute approximate surface area is 141 Å². The van der Waals surface area contributed by atoms with E-state index in [9.17, 15) is 4.79 Å². The van der Waals surface area contributed by atoms with E-state index in [2.05, 4.69) is 4.98 Å². The van der Waals surface area contributed by atoms with E-state index in [1.54, 1.807) is 24.5 Å². The van der Waals surface area contributed by atoms with Gasteiger partial charge in [-0.05, 0) is 50.3 Å². The highest BCUT2D eigenvalue weighted by Gasteiger charge is 2.36. The molecule has 1 aromatic heterocycles. The average molecular weight is 328 g/mol. The highest BCUT2D eigenvalue weighted by Crippen LogP contribution is 2.28. The molecular formula is C17H24N6O. The fourth-order valence-electron chi connectivity index (χ4n) is 3.60. The van der Waals surface area contributed by atoms with E-state index in [0.717, 1.165) is 25.7 Å². The van der Waals surface area contributed by atoms with E-state index >= 15 is 0 Å². The average Bonchev–Trinajstić information content (AvgIpc) is 2.64. The predicted molar refractivity (Wildman–Crippen MR) is 92.0 cm³/mol. The fraction of sp³-hybridized carbons (Fsp3) is 0.529. The van der Waals surface area contributed by atoms with Crippen LogP contribution in [0.1, 0.15) is 31.2 Å². The second-order valence-corrected chi connectivity index (χ2v) is 6.49. The Morgan fingerprint density at radius 2 is 1.88 bits per heavy atom. The Kier molecular flexibility index (Phi) is 4.89. The maximum atomic E-state index is 12.6. The van der Waals surface area contributed by atoms with E-state index in [0.29, 0.717) is 31.1 Å². The van der Waals surface area contributed by atoms with E-state index in [-0.39, 0.29) is 23.6 Å². The number of hydrogen-bond donors (Lipinski definition) is 3. The molecule has 2 fully saturated rings. The van der Waals surface area contributed by atoms with Crippen LogP contribution in [0.15, 0.2) is 24.5 Å². The number of nitrogens with one attached hydrogen (secondary N) is 2. The van der Waals surface area contributed by atoms with Gasteiger partial charge >= 0.3 is 0 Å². The molecule has 7 nitrogen and oxygen atoms in total. The topological polar surface area (TPSA) is 110 Å². The molecule has 2 aliphatic rings. The van der Waals surface area contributed by atoms with Gasteiger partial charge in [-0.15, -0.1) is 0 Å². The number of aromatic nitrogens is 1. The van der Waals surface area contributed by atoms with Crippen LogP contribution in [-0.4, -0.2) is 58.0 Å². The van der Waals surface area contributed by atoms with Gasteiger partial charge in [-0.1, -0.05) is 0 Å². The van der Waals surface area contributed by atoms with Crippen LogP contribution in [0.4, 0.5) is 0 Å². The van der Waals surface area contributed by atoms with Crippen LogP contribution in [0.3, 0.4) is 0 Å². The molecule has 0 unspecified atom stereocenters. The minimum atomic E-state index is -0.267. The number of piperazine rings is 1. The Balaban J connectivity index is 1.66. The number of carbonyl (C=O) groups is 1. The number of hydrogen-bond acceptors (Lipinski definition) is 5. The van der Waals surface area contributed by atoms with Crippen molar-refractivity contribution >= 4 is 17.6 Å². The zero-order valence-corrected chi connectivity index (χ0v) is 13.7. The van der Waals surface area contributed by atoms with Crippen molar-refractivity contribution in [2.24, 2.45) is 11.7 Å². The highest BCUT2D eigenvalue weighted by atomic mass is 16.2. The smallest absolute Gasteiger partial charge is 0.289 e. The third-order valence-electron chi connectivity index (χ3n) is 5.11. The van der Waals surface area contributed by atoms with Gasteiger partial charge in [0.25, 0.3) is 5.91 Å². The summed E-state index contributed by atoms with van der Waals surface area (Å²) in [7, 11) is 0. The van der Waals surface area contributed by atoms with Gasteiger partial charge in [0, 0.05) is 37.1 Å². The van der Waals surface area contributed by atoms with E-state index in [1.807, 2.05) is 4.90 Å². The molecule has 24 heavy (non-hydrogen) atoms. The SMILES string of the molecule is N=C1C(=O)N(C2CCC(CN)CC2)CCN1C(=N)c1ccncc1. The molecule has 0 atom stereocenters. The van der Waals surface area contributed by atoms with Crippen molar-refractivity contribution in [3.8, 4) is 0 Å². The molecule has 7 heteroatoms. The molecule has 128 valence electrons. The van der Waals surface area contributed by atoms with Crippen LogP contribution < -0.4 is 5.73 Å². The van der Waals surface area contributed by atoms with Crippen molar-refractivity contribution in [2.45, 2.75) is 31.7 Å². The van der Waals surface area contributed by atoms with Crippen molar-refractivity contribution in [1.29, 1.82) is 10.8 Å². The number of amides is 1.